The van der Waals surface area contributed by atoms with Crippen molar-refractivity contribution in [2.75, 3.05) is 12.3 Å². The van der Waals surface area contributed by atoms with Gasteiger partial charge in [-0.1, -0.05) is 15.9 Å². The second kappa shape index (κ2) is 5.94. The highest BCUT2D eigenvalue weighted by atomic mass is 79.9. The maximum atomic E-state index is 9.66. The molecule has 1 atom stereocenters. The first-order valence-corrected chi connectivity index (χ1v) is 7.39. The van der Waals surface area contributed by atoms with Crippen molar-refractivity contribution in [3.63, 3.8) is 0 Å². The normalized spacial score (nSPS) is 20.2. The molecule has 0 aliphatic carbocycles. The lowest BCUT2D eigenvalue weighted by Crippen LogP contribution is -2.22. The second-order valence-electron chi connectivity index (χ2n) is 4.04. The van der Waals surface area contributed by atoms with Crippen molar-refractivity contribution in [3.05, 3.63) is 28.2 Å². The van der Waals surface area contributed by atoms with Crippen LogP contribution < -0.4 is 5.32 Å². The first-order chi connectivity index (χ1) is 7.75. The van der Waals surface area contributed by atoms with Crippen molar-refractivity contribution in [1.29, 1.82) is 0 Å². The second-order valence-corrected chi connectivity index (χ2v) is 6.36. The molecular weight excluding hydrogens is 286 g/mol. The molecule has 0 radical (unpaired) electrons. The van der Waals surface area contributed by atoms with Crippen molar-refractivity contribution in [2.45, 2.75) is 24.6 Å². The summed E-state index contributed by atoms with van der Waals surface area (Å²) < 4.78 is 1.01. The largest absolute Gasteiger partial charge is 0.508 e. The first-order valence-electron chi connectivity index (χ1n) is 5.55. The smallest absolute Gasteiger partial charge is 0.120 e. The number of nitrogens with one attached hydrogen (secondary N) is 1. The third-order valence-electron chi connectivity index (χ3n) is 2.75. The standard InChI is InChI=1S/C12H16BrNOS/c13-10-3-4-12(15)9(6-10)7-14-8-11-2-1-5-16-11/h3-4,6,11,14-15H,1-2,5,7-8H2. The highest BCUT2D eigenvalue weighted by molar-refractivity contribution is 9.10. The van der Waals surface area contributed by atoms with Gasteiger partial charge in [0, 0.05) is 28.4 Å². The lowest BCUT2D eigenvalue weighted by atomic mass is 10.2. The zero-order chi connectivity index (χ0) is 11.4. The maximum Gasteiger partial charge on any atom is 0.120 e. The molecule has 1 aromatic carbocycles. The van der Waals surface area contributed by atoms with E-state index in [1.807, 2.05) is 12.1 Å². The van der Waals surface area contributed by atoms with Crippen molar-refractivity contribution >= 4 is 27.7 Å². The molecule has 2 nitrogen and oxygen atoms in total. The van der Waals surface area contributed by atoms with E-state index in [9.17, 15) is 5.11 Å². The average molecular weight is 302 g/mol. The number of rotatable bonds is 4. The van der Waals surface area contributed by atoms with Gasteiger partial charge in [0.2, 0.25) is 0 Å². The van der Waals surface area contributed by atoms with Gasteiger partial charge in [-0.25, -0.2) is 0 Å². The SMILES string of the molecule is Oc1ccc(Br)cc1CNCC1CCCS1. The fraction of sp³-hybridized carbons (Fsp3) is 0.500. The van der Waals surface area contributed by atoms with E-state index in [4.69, 9.17) is 0 Å². The Hall–Kier alpha value is -0.190. The highest BCUT2D eigenvalue weighted by Crippen LogP contribution is 2.26. The van der Waals surface area contributed by atoms with Crippen LogP contribution in [0.2, 0.25) is 0 Å². The average Bonchev–Trinajstić information content (AvgIpc) is 2.76. The molecule has 1 aliphatic rings. The Labute approximate surface area is 109 Å². The van der Waals surface area contributed by atoms with E-state index in [0.29, 0.717) is 5.75 Å². The Balaban J connectivity index is 1.82. The molecule has 1 saturated heterocycles. The number of thioether (sulfide) groups is 1. The molecular formula is C12H16BrNOS. The summed E-state index contributed by atoms with van der Waals surface area (Å²) in [6.07, 6.45) is 2.67. The maximum absolute atomic E-state index is 9.66. The number of hydrogen-bond acceptors (Lipinski definition) is 3. The fourth-order valence-corrected chi connectivity index (χ4v) is 3.51. The van der Waals surface area contributed by atoms with E-state index in [2.05, 4.69) is 33.0 Å². The van der Waals surface area contributed by atoms with E-state index >= 15 is 0 Å². The Morgan fingerprint density at radius 1 is 1.50 bits per heavy atom. The minimum absolute atomic E-state index is 0.370. The predicted octanol–water partition coefficient (Wildman–Crippen LogP) is 3.14. The van der Waals surface area contributed by atoms with Crippen LogP contribution in [0.1, 0.15) is 18.4 Å². The van der Waals surface area contributed by atoms with Gasteiger partial charge in [0.15, 0.2) is 0 Å². The summed E-state index contributed by atoms with van der Waals surface area (Å²) in [5.74, 6) is 1.67. The molecule has 0 aromatic heterocycles. The van der Waals surface area contributed by atoms with Crippen molar-refractivity contribution < 1.29 is 5.11 Å². The lowest BCUT2D eigenvalue weighted by molar-refractivity contribution is 0.464. The van der Waals surface area contributed by atoms with Crippen molar-refractivity contribution in [1.82, 2.24) is 5.32 Å². The van der Waals surface area contributed by atoms with Crippen LogP contribution in [0.3, 0.4) is 0 Å². The molecule has 2 rings (SSSR count). The van der Waals surface area contributed by atoms with E-state index in [-0.39, 0.29) is 0 Å². The van der Waals surface area contributed by atoms with Crippen molar-refractivity contribution in [2.24, 2.45) is 0 Å². The van der Waals surface area contributed by atoms with E-state index in [0.717, 1.165) is 28.4 Å². The zero-order valence-electron chi connectivity index (χ0n) is 9.08. The van der Waals surface area contributed by atoms with Gasteiger partial charge in [0.1, 0.15) is 5.75 Å². The van der Waals surface area contributed by atoms with Crippen LogP contribution in [0.4, 0.5) is 0 Å². The Morgan fingerprint density at radius 2 is 2.38 bits per heavy atom. The summed E-state index contributed by atoms with van der Waals surface area (Å²) in [5.41, 5.74) is 0.956. The summed E-state index contributed by atoms with van der Waals surface area (Å²) in [6, 6.07) is 5.54. The quantitative estimate of drug-likeness (QED) is 0.896. The fourth-order valence-electron chi connectivity index (χ4n) is 1.87. The molecule has 1 heterocycles. The number of phenolic OH excluding ortho intramolecular Hbond substituents is 1. The van der Waals surface area contributed by atoms with Crippen molar-refractivity contribution in [3.8, 4) is 5.75 Å². The Bertz CT molecular complexity index is 353. The summed E-state index contributed by atoms with van der Waals surface area (Å²) >= 11 is 5.46. The highest BCUT2D eigenvalue weighted by Gasteiger charge is 2.14. The molecule has 16 heavy (non-hydrogen) atoms. The molecule has 0 spiro atoms. The van der Waals surface area contributed by atoms with Crippen LogP contribution in [-0.4, -0.2) is 22.7 Å². The van der Waals surface area contributed by atoms with Gasteiger partial charge >= 0.3 is 0 Å². The third kappa shape index (κ3) is 3.40. The van der Waals surface area contributed by atoms with Gasteiger partial charge < -0.3 is 10.4 Å². The van der Waals surface area contributed by atoms with Crippen LogP contribution in [-0.2, 0) is 6.54 Å². The molecule has 0 amide bonds. The number of halogens is 1. The molecule has 1 aliphatic heterocycles. The van der Waals surface area contributed by atoms with Gasteiger partial charge in [-0.2, -0.15) is 11.8 Å². The first kappa shape index (κ1) is 12.3. The molecule has 1 unspecified atom stereocenters. The molecule has 0 saturated carbocycles. The van der Waals surface area contributed by atoms with E-state index in [1.54, 1.807) is 6.07 Å². The molecule has 4 heteroatoms. The summed E-state index contributed by atoms with van der Waals surface area (Å²) in [4.78, 5) is 0. The number of aromatic hydroxyl groups is 1. The number of hydrogen-bond donors (Lipinski definition) is 2. The number of benzene rings is 1. The Morgan fingerprint density at radius 3 is 3.12 bits per heavy atom. The van der Waals surface area contributed by atoms with Crippen LogP contribution >= 0.6 is 27.7 Å². The molecule has 88 valence electrons. The third-order valence-corrected chi connectivity index (χ3v) is 4.64. The van der Waals surface area contributed by atoms with E-state index in [1.165, 1.54) is 18.6 Å². The molecule has 2 N–H and O–H groups in total. The topological polar surface area (TPSA) is 32.3 Å². The van der Waals surface area contributed by atoms with Gasteiger partial charge in [-0.3, -0.25) is 0 Å². The molecule has 1 fully saturated rings. The monoisotopic (exact) mass is 301 g/mol. The van der Waals surface area contributed by atoms with Crippen LogP contribution in [0.5, 0.6) is 5.75 Å². The van der Waals surface area contributed by atoms with Crippen LogP contribution in [0, 0.1) is 0 Å². The molecule has 0 bridgehead atoms. The summed E-state index contributed by atoms with van der Waals surface area (Å²) in [6.45, 7) is 1.78. The van der Waals surface area contributed by atoms with Gasteiger partial charge in [-0.05, 0) is 36.8 Å². The zero-order valence-corrected chi connectivity index (χ0v) is 11.5. The number of phenols is 1. The summed E-state index contributed by atoms with van der Waals surface area (Å²) in [5, 5.41) is 13.8. The van der Waals surface area contributed by atoms with Crippen LogP contribution in [0.25, 0.3) is 0 Å². The lowest BCUT2D eigenvalue weighted by Gasteiger charge is -2.11. The Kier molecular flexibility index (Phi) is 4.55. The van der Waals surface area contributed by atoms with Gasteiger partial charge in [-0.15, -0.1) is 0 Å². The molecule has 1 aromatic rings. The summed E-state index contributed by atoms with van der Waals surface area (Å²) in [7, 11) is 0. The van der Waals surface area contributed by atoms with Gasteiger partial charge in [0.25, 0.3) is 0 Å². The van der Waals surface area contributed by atoms with E-state index < -0.39 is 0 Å². The minimum Gasteiger partial charge on any atom is -0.508 e. The van der Waals surface area contributed by atoms with Crippen LogP contribution in [0.15, 0.2) is 22.7 Å². The predicted molar refractivity (Wildman–Crippen MR) is 73.0 cm³/mol. The van der Waals surface area contributed by atoms with Gasteiger partial charge in [0.05, 0.1) is 0 Å². The minimum atomic E-state index is 0.370.